The minimum atomic E-state index is -4.37. The van der Waals surface area contributed by atoms with Gasteiger partial charge in [0.2, 0.25) is 0 Å². The Kier molecular flexibility index (Phi) is 5.14. The Morgan fingerprint density at radius 2 is 1.50 bits per heavy atom. The van der Waals surface area contributed by atoms with Gasteiger partial charge in [0.15, 0.2) is 0 Å². The van der Waals surface area contributed by atoms with Gasteiger partial charge >= 0.3 is 29.6 Å². The Bertz CT molecular complexity index is 589. The molecule has 1 aromatic rings. The van der Waals surface area contributed by atoms with E-state index in [2.05, 4.69) is 0 Å². The molecule has 1 aromatic carbocycles. The molecular formula is C7H9NaO6S2. The molecule has 2 N–H and O–H groups in total. The summed E-state index contributed by atoms with van der Waals surface area (Å²) in [6, 6.07) is 2.76. The second kappa shape index (κ2) is 5.13. The SMILES string of the molecule is Cc1cc(S(=O)(=O)O)ccc1S(=O)(=O)O.[NaH]. The van der Waals surface area contributed by atoms with Gasteiger partial charge in [-0.1, -0.05) is 0 Å². The number of rotatable bonds is 2. The molecule has 0 bridgehead atoms. The number of hydrogen-bond acceptors (Lipinski definition) is 4. The molecule has 0 heterocycles. The molecule has 0 amide bonds. The topological polar surface area (TPSA) is 109 Å². The van der Waals surface area contributed by atoms with Gasteiger partial charge in [0.05, 0.1) is 9.79 Å². The van der Waals surface area contributed by atoms with Crippen LogP contribution in [0.3, 0.4) is 0 Å². The number of aryl methyl sites for hydroxylation is 1. The van der Waals surface area contributed by atoms with E-state index in [-0.39, 0.29) is 35.1 Å². The summed E-state index contributed by atoms with van der Waals surface area (Å²) >= 11 is 0. The molecule has 0 aromatic heterocycles. The van der Waals surface area contributed by atoms with Crippen LogP contribution in [0.15, 0.2) is 28.0 Å². The van der Waals surface area contributed by atoms with E-state index in [9.17, 15) is 16.8 Å². The summed E-state index contributed by atoms with van der Waals surface area (Å²) in [6.45, 7) is 1.30. The van der Waals surface area contributed by atoms with Gasteiger partial charge in [-0.3, -0.25) is 9.11 Å². The zero-order valence-corrected chi connectivity index (χ0v) is 9.21. The van der Waals surface area contributed by atoms with Crippen LogP contribution in [0.25, 0.3) is 0 Å². The first-order valence-corrected chi connectivity index (χ1v) is 6.56. The van der Waals surface area contributed by atoms with Gasteiger partial charge in [-0.2, -0.15) is 16.8 Å². The summed E-state index contributed by atoms with van der Waals surface area (Å²) in [4.78, 5) is -0.817. The minimum absolute atomic E-state index is 0. The second-order valence-corrected chi connectivity index (χ2v) is 5.69. The zero-order chi connectivity index (χ0) is 11.9. The van der Waals surface area contributed by atoms with Crippen molar-refractivity contribution in [2.24, 2.45) is 0 Å². The van der Waals surface area contributed by atoms with Crippen molar-refractivity contribution in [2.45, 2.75) is 16.7 Å². The normalized spacial score (nSPS) is 11.9. The van der Waals surface area contributed by atoms with Gasteiger partial charge < -0.3 is 0 Å². The maximum absolute atomic E-state index is 10.8. The van der Waals surface area contributed by atoms with Gasteiger partial charge in [0.25, 0.3) is 20.2 Å². The van der Waals surface area contributed by atoms with E-state index in [1.165, 1.54) is 6.92 Å². The van der Waals surface area contributed by atoms with Gasteiger partial charge in [-0.25, -0.2) is 0 Å². The van der Waals surface area contributed by atoms with Crippen LogP contribution in [0.5, 0.6) is 0 Å². The summed E-state index contributed by atoms with van der Waals surface area (Å²) in [5.41, 5.74) is 0.0348. The van der Waals surface area contributed by atoms with E-state index in [1.54, 1.807) is 0 Å². The quantitative estimate of drug-likeness (QED) is 0.574. The van der Waals surface area contributed by atoms with E-state index in [0.29, 0.717) is 0 Å². The Labute approximate surface area is 115 Å². The van der Waals surface area contributed by atoms with Crippen LogP contribution in [0, 0.1) is 6.92 Å². The van der Waals surface area contributed by atoms with E-state index < -0.39 is 30.0 Å². The first-order valence-electron chi connectivity index (χ1n) is 3.68. The van der Waals surface area contributed by atoms with E-state index in [1.807, 2.05) is 0 Å². The average molecular weight is 276 g/mol. The van der Waals surface area contributed by atoms with Crippen LogP contribution in [-0.4, -0.2) is 55.5 Å². The van der Waals surface area contributed by atoms with Crippen molar-refractivity contribution in [1.29, 1.82) is 0 Å². The van der Waals surface area contributed by atoms with Crippen LogP contribution < -0.4 is 0 Å². The van der Waals surface area contributed by atoms with Crippen LogP contribution in [-0.2, 0) is 20.2 Å². The fourth-order valence-electron chi connectivity index (χ4n) is 1.07. The Hall–Kier alpha value is 0.0400. The van der Waals surface area contributed by atoms with Gasteiger partial charge in [0, 0.05) is 0 Å². The average Bonchev–Trinajstić information content (AvgIpc) is 1.99. The molecule has 0 unspecified atom stereocenters. The molecule has 16 heavy (non-hydrogen) atoms. The Balaban J connectivity index is 0.00000225. The van der Waals surface area contributed by atoms with Crippen LogP contribution in [0.2, 0.25) is 0 Å². The standard InChI is InChI=1S/C7H8O6S2.Na.H/c1-5-4-6(14(8,9)10)2-3-7(5)15(11,12)13;;/h2-4H,1H3,(H,8,9,10)(H,11,12,13);;. The van der Waals surface area contributed by atoms with Crippen molar-refractivity contribution in [2.75, 3.05) is 0 Å². The Morgan fingerprint density at radius 1 is 1.00 bits per heavy atom. The monoisotopic (exact) mass is 276 g/mol. The van der Waals surface area contributed by atoms with Crippen LogP contribution in [0.1, 0.15) is 5.56 Å². The summed E-state index contributed by atoms with van der Waals surface area (Å²) < 4.78 is 60.3. The fraction of sp³-hybridized carbons (Fsp3) is 0.143. The number of hydrogen-bond donors (Lipinski definition) is 2. The summed E-state index contributed by atoms with van der Waals surface area (Å²) in [7, 11) is -8.74. The molecule has 0 saturated heterocycles. The third-order valence-corrected chi connectivity index (χ3v) is 3.59. The summed E-state index contributed by atoms with van der Waals surface area (Å²) in [5.74, 6) is 0. The third kappa shape index (κ3) is 3.81. The predicted octanol–water partition coefficient (Wildman–Crippen LogP) is -0.160. The molecule has 86 valence electrons. The molecule has 6 nitrogen and oxygen atoms in total. The van der Waals surface area contributed by atoms with E-state index in [0.717, 1.165) is 18.2 Å². The first-order chi connectivity index (χ1) is 6.62. The first kappa shape index (κ1) is 16.0. The van der Waals surface area contributed by atoms with Crippen molar-refractivity contribution in [1.82, 2.24) is 0 Å². The summed E-state index contributed by atoms with van der Waals surface area (Å²) in [5, 5.41) is 0. The van der Waals surface area contributed by atoms with Gasteiger partial charge in [-0.05, 0) is 30.7 Å². The molecule has 0 aliphatic carbocycles. The fourth-order valence-corrected chi connectivity index (χ4v) is 2.34. The van der Waals surface area contributed by atoms with Crippen molar-refractivity contribution < 1.29 is 25.9 Å². The van der Waals surface area contributed by atoms with Crippen molar-refractivity contribution in [3.63, 3.8) is 0 Å². The van der Waals surface area contributed by atoms with E-state index in [4.69, 9.17) is 9.11 Å². The molecular weight excluding hydrogens is 267 g/mol. The van der Waals surface area contributed by atoms with Gasteiger partial charge in [-0.15, -0.1) is 0 Å². The summed E-state index contributed by atoms with van der Waals surface area (Å²) in [6.07, 6.45) is 0. The molecule has 0 saturated carbocycles. The van der Waals surface area contributed by atoms with Crippen LogP contribution in [0.4, 0.5) is 0 Å². The van der Waals surface area contributed by atoms with Crippen molar-refractivity contribution in [3.05, 3.63) is 23.8 Å². The second-order valence-electron chi connectivity index (χ2n) is 2.88. The van der Waals surface area contributed by atoms with Crippen LogP contribution >= 0.6 is 0 Å². The zero-order valence-electron chi connectivity index (χ0n) is 7.58. The third-order valence-electron chi connectivity index (χ3n) is 1.72. The van der Waals surface area contributed by atoms with Crippen molar-refractivity contribution >= 4 is 49.8 Å². The number of benzene rings is 1. The van der Waals surface area contributed by atoms with Crippen molar-refractivity contribution in [3.8, 4) is 0 Å². The molecule has 9 heteroatoms. The molecule has 0 radical (unpaired) electrons. The molecule has 1 rings (SSSR count). The molecule has 0 atom stereocenters. The van der Waals surface area contributed by atoms with E-state index >= 15 is 0 Å². The molecule has 0 aliphatic rings. The molecule has 0 fully saturated rings. The maximum atomic E-state index is 10.8. The predicted molar refractivity (Wildman–Crippen MR) is 58.0 cm³/mol. The van der Waals surface area contributed by atoms with Gasteiger partial charge in [0.1, 0.15) is 0 Å². The Morgan fingerprint density at radius 3 is 1.81 bits per heavy atom. The molecule has 0 aliphatic heterocycles. The molecule has 0 spiro atoms.